The fourth-order valence-corrected chi connectivity index (χ4v) is 4.47. The fourth-order valence-electron chi connectivity index (χ4n) is 4.47. The number of hydrogen-bond donors (Lipinski definition) is 3. The lowest BCUT2D eigenvalue weighted by atomic mass is 9.97. The maximum Gasteiger partial charge on any atom is 0.407 e. The number of rotatable bonds is 11. The molecule has 204 valence electrons. The van der Waals surface area contributed by atoms with E-state index in [1.54, 1.807) is 27.9 Å². The molecule has 0 bridgehead atoms. The first-order valence-electron chi connectivity index (χ1n) is 13.0. The minimum absolute atomic E-state index is 0.00322. The molecule has 0 saturated carbocycles. The third-order valence-corrected chi connectivity index (χ3v) is 6.38. The highest BCUT2D eigenvalue weighted by molar-refractivity contribution is 5.72. The van der Waals surface area contributed by atoms with Crippen LogP contribution >= 0.6 is 0 Å². The molecule has 0 fully saturated rings. The quantitative estimate of drug-likeness (QED) is 0.309. The first-order chi connectivity index (χ1) is 18.1. The van der Waals surface area contributed by atoms with Crippen LogP contribution in [-0.4, -0.2) is 42.5 Å². The summed E-state index contributed by atoms with van der Waals surface area (Å²) in [7, 11) is 1.70. The number of halogens is 1. The lowest BCUT2D eigenvalue weighted by molar-refractivity contribution is 0.0496. The molecule has 1 aromatic heterocycles. The van der Waals surface area contributed by atoms with Gasteiger partial charge in [0.1, 0.15) is 11.7 Å². The fraction of sp³-hybridized carbons (Fsp3) is 0.483. The number of anilines is 3. The highest BCUT2D eigenvalue weighted by Gasteiger charge is 2.25. The predicted molar refractivity (Wildman–Crippen MR) is 148 cm³/mol. The van der Waals surface area contributed by atoms with Crippen LogP contribution in [0.5, 0.6) is 0 Å². The number of alkyl carbamates (subject to hydrolysis) is 1. The third-order valence-electron chi connectivity index (χ3n) is 6.38. The van der Waals surface area contributed by atoms with Gasteiger partial charge in [0.15, 0.2) is 17.5 Å². The van der Waals surface area contributed by atoms with Crippen LogP contribution in [0.1, 0.15) is 76.5 Å². The van der Waals surface area contributed by atoms with Crippen LogP contribution in [0.2, 0.25) is 0 Å². The number of fused-ring (bicyclic) bond motifs is 1. The maximum atomic E-state index is 15.0. The van der Waals surface area contributed by atoms with E-state index in [-0.39, 0.29) is 29.3 Å². The van der Waals surface area contributed by atoms with Crippen LogP contribution in [0.4, 0.5) is 26.5 Å². The van der Waals surface area contributed by atoms with Crippen LogP contribution in [-0.2, 0) is 9.47 Å². The normalized spacial score (nSPS) is 15.8. The second-order valence-corrected chi connectivity index (χ2v) is 10.4. The van der Waals surface area contributed by atoms with E-state index in [4.69, 9.17) is 9.47 Å². The van der Waals surface area contributed by atoms with Crippen molar-refractivity contribution in [2.75, 3.05) is 24.4 Å². The molecule has 3 rings (SSSR count). The van der Waals surface area contributed by atoms with Crippen molar-refractivity contribution < 1.29 is 18.7 Å². The van der Waals surface area contributed by atoms with Gasteiger partial charge in [0.2, 0.25) is 0 Å². The van der Waals surface area contributed by atoms with Gasteiger partial charge in [0.25, 0.3) is 0 Å². The Kier molecular flexibility index (Phi) is 9.70. The summed E-state index contributed by atoms with van der Waals surface area (Å²) >= 11 is 0. The van der Waals surface area contributed by atoms with Crippen molar-refractivity contribution in [2.24, 2.45) is 0 Å². The zero-order valence-corrected chi connectivity index (χ0v) is 23.0. The van der Waals surface area contributed by atoms with Crippen LogP contribution in [0.3, 0.4) is 0 Å². The summed E-state index contributed by atoms with van der Waals surface area (Å²) in [6, 6.07) is 8.52. The molecule has 9 heteroatoms. The molecule has 1 aliphatic rings. The number of nitrogens with zero attached hydrogens (tertiary/aromatic N) is 2. The summed E-state index contributed by atoms with van der Waals surface area (Å²) < 4.78 is 25.6. The van der Waals surface area contributed by atoms with Crippen molar-refractivity contribution in [3.8, 4) is 6.07 Å². The van der Waals surface area contributed by atoms with E-state index in [1.165, 1.54) is 11.6 Å². The van der Waals surface area contributed by atoms with Gasteiger partial charge in [0, 0.05) is 31.4 Å². The van der Waals surface area contributed by atoms with Gasteiger partial charge in [-0.3, -0.25) is 0 Å². The van der Waals surface area contributed by atoms with Gasteiger partial charge in [-0.1, -0.05) is 32.1 Å². The first-order valence-corrected chi connectivity index (χ1v) is 13.0. The number of nitriles is 1. The van der Waals surface area contributed by atoms with Crippen LogP contribution in [0.15, 0.2) is 30.3 Å². The molecule has 38 heavy (non-hydrogen) atoms. The lowest BCUT2D eigenvalue weighted by Crippen LogP contribution is -2.48. The Bertz CT molecular complexity index is 1200. The Labute approximate surface area is 224 Å². The van der Waals surface area contributed by atoms with Crippen molar-refractivity contribution in [3.05, 3.63) is 52.8 Å². The number of ether oxygens (including phenoxy) is 2. The summed E-state index contributed by atoms with van der Waals surface area (Å²) in [5.74, 6) is -0.0866. The van der Waals surface area contributed by atoms with Crippen molar-refractivity contribution in [1.29, 1.82) is 5.26 Å². The van der Waals surface area contributed by atoms with Crippen LogP contribution in [0.25, 0.3) is 6.08 Å². The zero-order chi connectivity index (χ0) is 27.9. The summed E-state index contributed by atoms with van der Waals surface area (Å²) in [6.07, 6.45) is 5.80. The SMILES string of the molecule is CC[C@H](NC(=O)OC(C)(C)C)[C@@H](CC)Nc1nc(Nc2ccc3c(c2)C=CC3CCOC)c(C#N)cc1F. The third kappa shape index (κ3) is 7.45. The van der Waals surface area contributed by atoms with Crippen molar-refractivity contribution in [3.63, 3.8) is 0 Å². The number of methoxy groups -OCH3 is 1. The van der Waals surface area contributed by atoms with Crippen molar-refractivity contribution >= 4 is 29.5 Å². The molecule has 3 atom stereocenters. The van der Waals surface area contributed by atoms with Crippen molar-refractivity contribution in [1.82, 2.24) is 10.3 Å². The lowest BCUT2D eigenvalue weighted by Gasteiger charge is -2.29. The Hall–Kier alpha value is -3.64. The molecule has 0 saturated heterocycles. The van der Waals surface area contributed by atoms with Crippen LogP contribution < -0.4 is 16.0 Å². The molecule has 0 spiro atoms. The minimum Gasteiger partial charge on any atom is -0.444 e. The number of allylic oxidation sites excluding steroid dienone is 1. The highest BCUT2D eigenvalue weighted by Crippen LogP contribution is 2.35. The molecular weight excluding hydrogens is 485 g/mol. The number of carbonyl (C=O) groups excluding carboxylic acids is 1. The first kappa shape index (κ1) is 28.9. The highest BCUT2D eigenvalue weighted by atomic mass is 19.1. The Morgan fingerprint density at radius 3 is 2.55 bits per heavy atom. The predicted octanol–water partition coefficient (Wildman–Crippen LogP) is 6.48. The number of amides is 1. The van der Waals surface area contributed by atoms with Gasteiger partial charge in [-0.25, -0.2) is 14.2 Å². The van der Waals surface area contributed by atoms with Gasteiger partial charge in [-0.05, 0) is 69.4 Å². The molecule has 0 radical (unpaired) electrons. The van der Waals surface area contributed by atoms with E-state index in [0.717, 1.165) is 17.7 Å². The summed E-state index contributed by atoms with van der Waals surface area (Å²) in [5, 5.41) is 18.8. The van der Waals surface area contributed by atoms with Gasteiger partial charge < -0.3 is 25.4 Å². The molecule has 1 amide bonds. The Morgan fingerprint density at radius 1 is 1.18 bits per heavy atom. The second kappa shape index (κ2) is 12.7. The average molecular weight is 524 g/mol. The largest absolute Gasteiger partial charge is 0.444 e. The monoisotopic (exact) mass is 523 g/mol. The van der Waals surface area contributed by atoms with E-state index in [9.17, 15) is 14.4 Å². The maximum absolute atomic E-state index is 15.0. The number of nitrogens with one attached hydrogen (secondary N) is 3. The zero-order valence-electron chi connectivity index (χ0n) is 23.0. The van der Waals surface area contributed by atoms with Gasteiger partial charge in [0.05, 0.1) is 11.6 Å². The number of benzene rings is 1. The number of pyridine rings is 1. The Morgan fingerprint density at radius 2 is 1.92 bits per heavy atom. The standard InChI is InChI=1S/C29H38FN5O3/c1-7-24(25(8-2)34-28(36)38-29(3,4)5)33-27-23(30)16-20(17-31)26(35-27)32-21-11-12-22-18(13-14-37-6)9-10-19(22)15-21/h9-12,15-16,18,24-25H,7-8,13-14H2,1-6H3,(H,34,36)(H2,32,33,35)/t18?,24-,25+/m1/s1. The minimum atomic E-state index is -0.643. The van der Waals surface area contributed by atoms with Crippen molar-refractivity contribution in [2.45, 2.75) is 77.5 Å². The molecule has 1 aromatic carbocycles. The molecule has 1 aliphatic carbocycles. The molecule has 3 N–H and O–H groups in total. The summed E-state index contributed by atoms with van der Waals surface area (Å²) in [5.41, 5.74) is 2.51. The summed E-state index contributed by atoms with van der Waals surface area (Å²) in [4.78, 5) is 16.8. The molecule has 2 aromatic rings. The van der Waals surface area contributed by atoms with E-state index in [1.807, 2.05) is 38.1 Å². The van der Waals surface area contributed by atoms with E-state index < -0.39 is 17.5 Å². The molecule has 1 heterocycles. The van der Waals surface area contributed by atoms with Gasteiger partial charge in [-0.2, -0.15) is 5.26 Å². The van der Waals surface area contributed by atoms with Gasteiger partial charge >= 0.3 is 6.09 Å². The van der Waals surface area contributed by atoms with E-state index in [2.05, 4.69) is 33.1 Å². The van der Waals surface area contributed by atoms with E-state index >= 15 is 0 Å². The van der Waals surface area contributed by atoms with Gasteiger partial charge in [-0.15, -0.1) is 0 Å². The molecule has 1 unspecified atom stereocenters. The van der Waals surface area contributed by atoms with E-state index in [0.29, 0.717) is 25.4 Å². The summed E-state index contributed by atoms with van der Waals surface area (Å²) in [6.45, 7) is 9.94. The number of hydrogen-bond acceptors (Lipinski definition) is 7. The molecular formula is C29H38FN5O3. The molecule has 0 aliphatic heterocycles. The Balaban J connectivity index is 1.80. The van der Waals surface area contributed by atoms with Crippen LogP contribution in [0, 0.1) is 17.1 Å². The topological polar surface area (TPSA) is 108 Å². The smallest absolute Gasteiger partial charge is 0.407 e. The average Bonchev–Trinajstić information content (AvgIpc) is 3.27. The number of carbonyl (C=O) groups is 1. The number of aromatic nitrogens is 1. The molecule has 8 nitrogen and oxygen atoms in total. The second-order valence-electron chi connectivity index (χ2n) is 10.4.